The van der Waals surface area contributed by atoms with E-state index in [1.54, 1.807) is 31.0 Å². The smallest absolute Gasteiger partial charge is 0.226 e. The molecule has 0 saturated carbocycles. The van der Waals surface area contributed by atoms with Crippen molar-refractivity contribution in [2.75, 3.05) is 34.9 Å². The summed E-state index contributed by atoms with van der Waals surface area (Å²) < 4.78 is 15.8. The molecule has 6 nitrogen and oxygen atoms in total. The Morgan fingerprint density at radius 1 is 1.23 bits per heavy atom. The molecule has 1 atom stereocenters. The highest BCUT2D eigenvalue weighted by Crippen LogP contribution is 2.38. The van der Waals surface area contributed by atoms with Gasteiger partial charge in [-0.3, -0.25) is 4.79 Å². The molecule has 0 aromatic heterocycles. The molecule has 0 aliphatic heterocycles. The van der Waals surface area contributed by atoms with Crippen LogP contribution in [0.3, 0.4) is 0 Å². The van der Waals surface area contributed by atoms with E-state index in [2.05, 4.69) is 6.07 Å². The number of ether oxygens (including phenoxy) is 3. The lowest BCUT2D eigenvalue weighted by Crippen LogP contribution is -2.31. The van der Waals surface area contributed by atoms with Gasteiger partial charge >= 0.3 is 0 Å². The van der Waals surface area contributed by atoms with Gasteiger partial charge in [-0.25, -0.2) is 0 Å². The quantitative estimate of drug-likeness (QED) is 0.769. The monoisotopic (exact) mass is 306 g/mol. The molecule has 1 aromatic carbocycles. The number of nitrogens with zero attached hydrogens (tertiary/aromatic N) is 2. The van der Waals surface area contributed by atoms with Gasteiger partial charge in [0.1, 0.15) is 0 Å². The fraction of sp³-hybridized carbons (Fsp3) is 0.500. The normalized spacial score (nSPS) is 11.3. The molecular formula is C16H22N2O4. The molecular weight excluding hydrogens is 284 g/mol. The Bertz CT molecular complexity index is 541. The third kappa shape index (κ3) is 4.29. The van der Waals surface area contributed by atoms with Gasteiger partial charge in [0.2, 0.25) is 11.7 Å². The first kappa shape index (κ1) is 17.6. The Hall–Kier alpha value is -2.42. The van der Waals surface area contributed by atoms with Crippen LogP contribution in [0.4, 0.5) is 0 Å². The van der Waals surface area contributed by atoms with Crippen LogP contribution in [-0.2, 0) is 11.2 Å². The first-order chi connectivity index (χ1) is 10.5. The maximum Gasteiger partial charge on any atom is 0.226 e. The lowest BCUT2D eigenvalue weighted by molar-refractivity contribution is -0.129. The van der Waals surface area contributed by atoms with Gasteiger partial charge in [-0.2, -0.15) is 5.26 Å². The van der Waals surface area contributed by atoms with Crippen molar-refractivity contribution >= 4 is 5.91 Å². The van der Waals surface area contributed by atoms with Crippen molar-refractivity contribution in [1.82, 2.24) is 4.90 Å². The second kappa shape index (κ2) is 8.13. The standard InChI is InChI=1S/C16H22N2O4/c1-11(9-17)10-18(2)15(19)8-12-6-13(20-3)16(22-5)14(7-12)21-4/h6-7,11H,8,10H2,1-5H3/t11-/m0/s1. The first-order valence-electron chi connectivity index (χ1n) is 6.89. The molecule has 0 fully saturated rings. The summed E-state index contributed by atoms with van der Waals surface area (Å²) >= 11 is 0. The molecule has 1 aromatic rings. The van der Waals surface area contributed by atoms with E-state index in [1.807, 2.05) is 0 Å². The Balaban J connectivity index is 2.94. The molecule has 0 spiro atoms. The molecule has 6 heteroatoms. The maximum atomic E-state index is 12.2. The van der Waals surface area contributed by atoms with Crippen LogP contribution in [0.2, 0.25) is 0 Å². The molecule has 1 rings (SSSR count). The minimum absolute atomic E-state index is 0.0728. The van der Waals surface area contributed by atoms with E-state index >= 15 is 0 Å². The predicted molar refractivity (Wildman–Crippen MR) is 82.2 cm³/mol. The Morgan fingerprint density at radius 2 is 1.77 bits per heavy atom. The first-order valence-corrected chi connectivity index (χ1v) is 6.89. The second-order valence-corrected chi connectivity index (χ2v) is 5.01. The summed E-state index contributed by atoms with van der Waals surface area (Å²) in [7, 11) is 6.28. The second-order valence-electron chi connectivity index (χ2n) is 5.01. The minimum atomic E-state index is -0.200. The number of methoxy groups -OCH3 is 3. The molecule has 1 amide bonds. The van der Waals surface area contributed by atoms with Crippen LogP contribution >= 0.6 is 0 Å². The average molecular weight is 306 g/mol. The Morgan fingerprint density at radius 3 is 2.18 bits per heavy atom. The number of rotatable bonds is 7. The summed E-state index contributed by atoms with van der Waals surface area (Å²) in [4.78, 5) is 13.8. The summed E-state index contributed by atoms with van der Waals surface area (Å²) in [5.74, 6) is 1.24. The average Bonchev–Trinajstić information content (AvgIpc) is 2.53. The fourth-order valence-corrected chi connectivity index (χ4v) is 2.10. The molecule has 0 aliphatic carbocycles. The number of hydrogen-bond donors (Lipinski definition) is 0. The van der Waals surface area contributed by atoms with Gasteiger partial charge in [-0.1, -0.05) is 0 Å². The summed E-state index contributed by atoms with van der Waals surface area (Å²) in [6.07, 6.45) is 0.200. The number of nitriles is 1. The zero-order valence-electron chi connectivity index (χ0n) is 13.7. The van der Waals surface area contributed by atoms with Crippen LogP contribution in [0, 0.1) is 17.2 Å². The summed E-state index contributed by atoms with van der Waals surface area (Å²) in [6.45, 7) is 2.18. The largest absolute Gasteiger partial charge is 0.493 e. The maximum absolute atomic E-state index is 12.2. The van der Waals surface area contributed by atoms with Crippen LogP contribution in [0.1, 0.15) is 12.5 Å². The van der Waals surface area contributed by atoms with E-state index < -0.39 is 0 Å². The van der Waals surface area contributed by atoms with Crippen molar-refractivity contribution in [3.05, 3.63) is 17.7 Å². The van der Waals surface area contributed by atoms with Crippen molar-refractivity contribution in [3.8, 4) is 23.3 Å². The lowest BCUT2D eigenvalue weighted by Gasteiger charge is -2.19. The van der Waals surface area contributed by atoms with Gasteiger partial charge in [0.25, 0.3) is 0 Å². The van der Waals surface area contributed by atoms with E-state index in [0.717, 1.165) is 5.56 Å². The Kier molecular flexibility index (Phi) is 6.51. The highest BCUT2D eigenvalue weighted by molar-refractivity contribution is 5.79. The van der Waals surface area contributed by atoms with Gasteiger partial charge in [0, 0.05) is 13.6 Å². The lowest BCUT2D eigenvalue weighted by atomic mass is 10.1. The Labute approximate surface area is 131 Å². The number of benzene rings is 1. The summed E-state index contributed by atoms with van der Waals surface area (Å²) in [6, 6.07) is 5.62. The van der Waals surface area contributed by atoms with Crippen LogP contribution in [0.15, 0.2) is 12.1 Å². The zero-order valence-corrected chi connectivity index (χ0v) is 13.7. The van der Waals surface area contributed by atoms with Crippen LogP contribution in [0.5, 0.6) is 17.2 Å². The van der Waals surface area contributed by atoms with Crippen molar-refractivity contribution in [3.63, 3.8) is 0 Å². The number of amides is 1. The van der Waals surface area contributed by atoms with Crippen molar-refractivity contribution in [2.24, 2.45) is 5.92 Å². The van der Waals surface area contributed by atoms with Gasteiger partial charge in [-0.05, 0) is 24.6 Å². The number of carbonyl (C=O) groups excluding carboxylic acids is 1. The van der Waals surface area contributed by atoms with Crippen molar-refractivity contribution in [1.29, 1.82) is 5.26 Å². The summed E-state index contributed by atoms with van der Waals surface area (Å²) in [5, 5.41) is 8.81. The van der Waals surface area contributed by atoms with Crippen LogP contribution < -0.4 is 14.2 Å². The van der Waals surface area contributed by atoms with Gasteiger partial charge in [-0.15, -0.1) is 0 Å². The highest BCUT2D eigenvalue weighted by Gasteiger charge is 2.17. The predicted octanol–water partition coefficient (Wildman–Crippen LogP) is 1.87. The van der Waals surface area contributed by atoms with E-state index in [4.69, 9.17) is 19.5 Å². The van der Waals surface area contributed by atoms with E-state index in [1.165, 1.54) is 21.3 Å². The van der Waals surface area contributed by atoms with Gasteiger partial charge in [0.15, 0.2) is 11.5 Å². The number of likely N-dealkylation sites (N-methyl/N-ethyl adjacent to an activating group) is 1. The summed E-state index contributed by atoms with van der Waals surface area (Å²) in [5.41, 5.74) is 0.760. The van der Waals surface area contributed by atoms with Crippen molar-refractivity contribution in [2.45, 2.75) is 13.3 Å². The molecule has 0 aliphatic rings. The number of hydrogen-bond acceptors (Lipinski definition) is 5. The number of carbonyl (C=O) groups is 1. The molecule has 0 radical (unpaired) electrons. The molecule has 0 bridgehead atoms. The van der Waals surface area contributed by atoms with Gasteiger partial charge < -0.3 is 19.1 Å². The zero-order chi connectivity index (χ0) is 16.7. The highest BCUT2D eigenvalue weighted by atomic mass is 16.5. The van der Waals surface area contributed by atoms with Crippen molar-refractivity contribution < 1.29 is 19.0 Å². The fourth-order valence-electron chi connectivity index (χ4n) is 2.10. The van der Waals surface area contributed by atoms with E-state index in [9.17, 15) is 4.79 Å². The molecule has 0 heterocycles. The van der Waals surface area contributed by atoms with E-state index in [-0.39, 0.29) is 18.2 Å². The molecule has 0 saturated heterocycles. The topological polar surface area (TPSA) is 71.8 Å². The SMILES string of the molecule is COc1cc(CC(=O)N(C)C[C@@H](C)C#N)cc(OC)c1OC. The molecule has 22 heavy (non-hydrogen) atoms. The van der Waals surface area contributed by atoms with Crippen LogP contribution in [-0.4, -0.2) is 45.7 Å². The van der Waals surface area contributed by atoms with Gasteiger partial charge in [0.05, 0.1) is 39.7 Å². The van der Waals surface area contributed by atoms with Crippen LogP contribution in [0.25, 0.3) is 0 Å². The van der Waals surface area contributed by atoms with E-state index in [0.29, 0.717) is 23.8 Å². The third-order valence-electron chi connectivity index (χ3n) is 3.27. The molecule has 0 N–H and O–H groups in total. The minimum Gasteiger partial charge on any atom is -0.493 e. The third-order valence-corrected chi connectivity index (χ3v) is 3.27. The molecule has 0 unspecified atom stereocenters. The molecule has 120 valence electrons.